The highest BCUT2D eigenvalue weighted by molar-refractivity contribution is 5.33. The Morgan fingerprint density at radius 2 is 2.00 bits per heavy atom. The van der Waals surface area contributed by atoms with Crippen molar-refractivity contribution in [2.45, 2.75) is 39.0 Å². The lowest BCUT2D eigenvalue weighted by molar-refractivity contribution is 0.0339. The maximum atomic E-state index is 10.4. The Bertz CT molecular complexity index is 547. The van der Waals surface area contributed by atoms with E-state index in [4.69, 9.17) is 9.15 Å². The molecule has 0 fully saturated rings. The zero-order valence-corrected chi connectivity index (χ0v) is 12.8. The van der Waals surface area contributed by atoms with Crippen molar-refractivity contribution >= 4 is 0 Å². The molecule has 21 heavy (non-hydrogen) atoms. The van der Waals surface area contributed by atoms with Crippen LogP contribution < -0.4 is 10.1 Å². The van der Waals surface area contributed by atoms with E-state index in [1.165, 1.54) is 0 Å². The molecule has 0 aliphatic heterocycles. The van der Waals surface area contributed by atoms with Crippen LogP contribution in [0.3, 0.4) is 0 Å². The van der Waals surface area contributed by atoms with Crippen molar-refractivity contribution in [1.82, 2.24) is 5.32 Å². The minimum atomic E-state index is -1.03. The first kappa shape index (κ1) is 15.6. The third-order valence-corrected chi connectivity index (χ3v) is 3.17. The van der Waals surface area contributed by atoms with Crippen molar-refractivity contribution in [2.24, 2.45) is 0 Å². The van der Waals surface area contributed by atoms with Crippen molar-refractivity contribution < 1.29 is 14.3 Å². The van der Waals surface area contributed by atoms with E-state index < -0.39 is 5.60 Å². The lowest BCUT2D eigenvalue weighted by atomic mass is 10.0. The Morgan fingerprint density at radius 1 is 1.24 bits per heavy atom. The van der Waals surface area contributed by atoms with Crippen molar-refractivity contribution in [3.05, 3.63) is 54.0 Å². The Balaban J connectivity index is 1.95. The fraction of sp³-hybridized carbons (Fsp3) is 0.412. The van der Waals surface area contributed by atoms with Crippen LogP contribution in [0.4, 0.5) is 0 Å². The van der Waals surface area contributed by atoms with Gasteiger partial charge in [0.05, 0.1) is 12.4 Å². The van der Waals surface area contributed by atoms with Gasteiger partial charge >= 0.3 is 0 Å². The van der Waals surface area contributed by atoms with Gasteiger partial charge in [-0.15, -0.1) is 0 Å². The largest absolute Gasteiger partial charge is 0.491 e. The highest BCUT2D eigenvalue weighted by atomic mass is 16.5. The van der Waals surface area contributed by atoms with Gasteiger partial charge in [-0.3, -0.25) is 0 Å². The number of para-hydroxylation sites is 1. The zero-order valence-electron chi connectivity index (χ0n) is 12.8. The van der Waals surface area contributed by atoms with Crippen LogP contribution in [0, 0.1) is 0 Å². The van der Waals surface area contributed by atoms with Gasteiger partial charge in [0.2, 0.25) is 0 Å². The molecule has 0 bridgehead atoms. The van der Waals surface area contributed by atoms with Gasteiger partial charge in [0.1, 0.15) is 17.1 Å². The average molecular weight is 289 g/mol. The summed E-state index contributed by atoms with van der Waals surface area (Å²) in [6, 6.07) is 11.5. The van der Waals surface area contributed by atoms with Gasteiger partial charge in [0.25, 0.3) is 0 Å². The molecule has 0 saturated heterocycles. The number of furan rings is 1. The monoisotopic (exact) mass is 289 g/mol. The summed E-state index contributed by atoms with van der Waals surface area (Å²) in [5.74, 6) is 1.43. The second kappa shape index (κ2) is 6.78. The fourth-order valence-corrected chi connectivity index (χ4v) is 2.13. The smallest absolute Gasteiger partial charge is 0.136 e. The molecule has 0 radical (unpaired) electrons. The molecule has 114 valence electrons. The molecule has 4 heteroatoms. The van der Waals surface area contributed by atoms with Crippen molar-refractivity contribution in [2.75, 3.05) is 6.54 Å². The summed E-state index contributed by atoms with van der Waals surface area (Å²) in [6.07, 6.45) is 1.70. The molecule has 0 aliphatic carbocycles. The van der Waals surface area contributed by atoms with E-state index in [2.05, 4.69) is 5.32 Å². The molecule has 1 unspecified atom stereocenters. The summed E-state index contributed by atoms with van der Waals surface area (Å²) in [6.45, 7) is 6.77. The molecule has 0 amide bonds. The van der Waals surface area contributed by atoms with E-state index in [1.54, 1.807) is 25.3 Å². The summed E-state index contributed by atoms with van der Waals surface area (Å²) < 4.78 is 11.0. The number of benzene rings is 1. The number of hydrogen-bond acceptors (Lipinski definition) is 4. The molecule has 2 rings (SSSR count). The standard InChI is InChI=1S/C17H23NO3/c1-13(2)21-15-8-5-4-7-14(15)11-18-12-17(3,19)16-9-6-10-20-16/h4-10,13,18-19H,11-12H2,1-3H3. The number of nitrogens with one attached hydrogen (secondary N) is 1. The normalized spacial score (nSPS) is 14.1. The zero-order chi connectivity index (χ0) is 15.3. The van der Waals surface area contributed by atoms with Crippen LogP contribution in [-0.4, -0.2) is 17.8 Å². The predicted molar refractivity (Wildman–Crippen MR) is 82.2 cm³/mol. The van der Waals surface area contributed by atoms with E-state index in [0.29, 0.717) is 18.8 Å². The van der Waals surface area contributed by atoms with Gasteiger partial charge < -0.3 is 19.6 Å². The van der Waals surface area contributed by atoms with Crippen LogP contribution in [0.1, 0.15) is 32.1 Å². The van der Waals surface area contributed by atoms with Gasteiger partial charge in [-0.2, -0.15) is 0 Å². The first-order valence-electron chi connectivity index (χ1n) is 7.20. The summed E-state index contributed by atoms with van der Waals surface area (Å²) in [5.41, 5.74) is 0.0404. The second-order valence-corrected chi connectivity index (χ2v) is 5.63. The van der Waals surface area contributed by atoms with Crippen molar-refractivity contribution in [1.29, 1.82) is 0 Å². The van der Waals surface area contributed by atoms with E-state index in [0.717, 1.165) is 11.3 Å². The van der Waals surface area contributed by atoms with E-state index in [1.807, 2.05) is 38.1 Å². The highest BCUT2D eigenvalue weighted by Gasteiger charge is 2.25. The SMILES string of the molecule is CC(C)Oc1ccccc1CNCC(C)(O)c1ccco1. The lowest BCUT2D eigenvalue weighted by Gasteiger charge is -2.22. The van der Waals surface area contributed by atoms with Crippen LogP contribution in [0.2, 0.25) is 0 Å². The van der Waals surface area contributed by atoms with Gasteiger partial charge in [-0.25, -0.2) is 0 Å². The minimum Gasteiger partial charge on any atom is -0.491 e. The van der Waals surface area contributed by atoms with Gasteiger partial charge in [-0.05, 0) is 39.0 Å². The molecule has 0 aliphatic rings. The Hall–Kier alpha value is -1.78. The Labute approximate surface area is 125 Å². The highest BCUT2D eigenvalue weighted by Crippen LogP contribution is 2.22. The van der Waals surface area contributed by atoms with Crippen LogP contribution in [-0.2, 0) is 12.1 Å². The molecule has 1 atom stereocenters. The average Bonchev–Trinajstić information content (AvgIpc) is 2.95. The molecule has 0 spiro atoms. The maximum absolute atomic E-state index is 10.4. The predicted octanol–water partition coefficient (Wildman–Crippen LogP) is 3.06. The molecule has 2 aromatic rings. The maximum Gasteiger partial charge on any atom is 0.136 e. The topological polar surface area (TPSA) is 54.6 Å². The Morgan fingerprint density at radius 3 is 2.67 bits per heavy atom. The summed E-state index contributed by atoms with van der Waals surface area (Å²) >= 11 is 0. The minimum absolute atomic E-state index is 0.136. The van der Waals surface area contributed by atoms with Crippen molar-refractivity contribution in [3.63, 3.8) is 0 Å². The summed E-state index contributed by atoms with van der Waals surface area (Å²) in [5, 5.41) is 13.6. The fourth-order valence-electron chi connectivity index (χ4n) is 2.13. The number of rotatable bonds is 7. The molecule has 1 heterocycles. The number of aliphatic hydroxyl groups is 1. The van der Waals surface area contributed by atoms with Crippen LogP contribution in [0.25, 0.3) is 0 Å². The van der Waals surface area contributed by atoms with E-state index in [-0.39, 0.29) is 6.10 Å². The summed E-state index contributed by atoms with van der Waals surface area (Å²) in [7, 11) is 0. The van der Waals surface area contributed by atoms with Gasteiger partial charge in [-0.1, -0.05) is 18.2 Å². The van der Waals surface area contributed by atoms with Crippen LogP contribution in [0.15, 0.2) is 47.1 Å². The Kier molecular flexibility index (Phi) is 5.04. The number of hydrogen-bond donors (Lipinski definition) is 2. The second-order valence-electron chi connectivity index (χ2n) is 5.63. The third-order valence-electron chi connectivity index (χ3n) is 3.17. The van der Waals surface area contributed by atoms with Crippen molar-refractivity contribution in [3.8, 4) is 5.75 Å². The van der Waals surface area contributed by atoms with Crippen LogP contribution in [0.5, 0.6) is 5.75 Å². The molecule has 2 N–H and O–H groups in total. The molecule has 1 aromatic carbocycles. The lowest BCUT2D eigenvalue weighted by Crippen LogP contribution is -2.34. The quantitative estimate of drug-likeness (QED) is 0.822. The molecule has 1 aromatic heterocycles. The molecule has 4 nitrogen and oxygen atoms in total. The van der Waals surface area contributed by atoms with Crippen LogP contribution >= 0.6 is 0 Å². The third kappa shape index (κ3) is 4.34. The summed E-state index contributed by atoms with van der Waals surface area (Å²) in [4.78, 5) is 0. The van der Waals surface area contributed by atoms with E-state index in [9.17, 15) is 5.11 Å². The number of ether oxygens (including phenoxy) is 1. The molecular weight excluding hydrogens is 266 g/mol. The van der Waals surface area contributed by atoms with E-state index >= 15 is 0 Å². The molecule has 0 saturated carbocycles. The first-order chi connectivity index (χ1) is 9.99. The first-order valence-corrected chi connectivity index (χ1v) is 7.20. The van der Waals surface area contributed by atoms with Gasteiger partial charge in [0.15, 0.2) is 0 Å². The van der Waals surface area contributed by atoms with Gasteiger partial charge in [0, 0.05) is 18.7 Å². The molecular formula is C17H23NO3.